The lowest BCUT2D eigenvalue weighted by atomic mass is 9.82. The molecule has 0 radical (unpaired) electrons. The molecule has 1 unspecified atom stereocenters. The van der Waals surface area contributed by atoms with Crippen LogP contribution in [0.5, 0.6) is 0 Å². The first-order valence-electron chi connectivity index (χ1n) is 11.4. The van der Waals surface area contributed by atoms with Crippen LogP contribution in [0, 0.1) is 6.92 Å². The second kappa shape index (κ2) is 9.58. The van der Waals surface area contributed by atoms with E-state index in [1.54, 1.807) is 0 Å². The Balaban J connectivity index is 1.65. The van der Waals surface area contributed by atoms with Crippen molar-refractivity contribution in [3.8, 4) is 0 Å². The molecule has 0 spiro atoms. The summed E-state index contributed by atoms with van der Waals surface area (Å²) >= 11 is 5.40. The molecule has 0 saturated heterocycles. The van der Waals surface area contributed by atoms with E-state index in [0.29, 0.717) is 28.6 Å². The van der Waals surface area contributed by atoms with Gasteiger partial charge < -0.3 is 20.9 Å². The number of halogens is 3. The molecule has 1 atom stereocenters. The molecule has 35 heavy (non-hydrogen) atoms. The van der Waals surface area contributed by atoms with Crippen LogP contribution in [-0.4, -0.2) is 41.5 Å². The van der Waals surface area contributed by atoms with Crippen LogP contribution in [0.2, 0.25) is 0 Å². The van der Waals surface area contributed by atoms with E-state index in [4.69, 9.17) is 17.2 Å². The van der Waals surface area contributed by atoms with Crippen LogP contribution in [0.25, 0.3) is 0 Å². The number of fused-ring (bicyclic) bond motifs is 3. The number of nitrogens with one attached hydrogen (secondary N) is 3. The van der Waals surface area contributed by atoms with Gasteiger partial charge in [-0.2, -0.15) is 13.2 Å². The molecule has 0 fully saturated rings. The third-order valence-electron chi connectivity index (χ3n) is 6.31. The Bertz CT molecular complexity index is 1200. The Morgan fingerprint density at radius 3 is 2.71 bits per heavy atom. The van der Waals surface area contributed by atoms with Gasteiger partial charge in [0.1, 0.15) is 5.54 Å². The molecule has 0 saturated carbocycles. The summed E-state index contributed by atoms with van der Waals surface area (Å²) in [5.41, 5.74) is 2.96. The maximum atomic E-state index is 13.3. The minimum absolute atomic E-state index is 0.321. The number of thiocarbonyl (C=S) groups is 1. The maximum Gasteiger partial charge on any atom is 0.416 e. The number of nitrogens with zero attached hydrogens (tertiary/aromatic N) is 3. The van der Waals surface area contributed by atoms with Gasteiger partial charge in [0.2, 0.25) is 5.96 Å². The SMILES string of the molecule is Cc1ncc(CCCN(C)C)cc1NC1=NC2(C)C(=CN1)CC(=S)Nc1cc(C(F)(F)F)ccc12. The van der Waals surface area contributed by atoms with Gasteiger partial charge in [-0.15, -0.1) is 0 Å². The highest BCUT2D eigenvalue weighted by Crippen LogP contribution is 2.44. The van der Waals surface area contributed by atoms with Crippen molar-refractivity contribution >= 4 is 34.5 Å². The second-order valence-corrected chi connectivity index (χ2v) is 9.83. The zero-order valence-electron chi connectivity index (χ0n) is 20.2. The first-order valence-corrected chi connectivity index (χ1v) is 11.8. The minimum atomic E-state index is -4.45. The lowest BCUT2D eigenvalue weighted by Crippen LogP contribution is -2.38. The predicted molar refractivity (Wildman–Crippen MR) is 138 cm³/mol. The Kier molecular flexibility index (Phi) is 6.88. The molecular weight excluding hydrogens is 473 g/mol. The molecule has 4 rings (SSSR count). The monoisotopic (exact) mass is 502 g/mol. The van der Waals surface area contributed by atoms with Gasteiger partial charge in [-0.3, -0.25) is 4.98 Å². The van der Waals surface area contributed by atoms with Crippen molar-refractivity contribution in [3.05, 3.63) is 64.6 Å². The average Bonchev–Trinajstić information content (AvgIpc) is 2.87. The highest BCUT2D eigenvalue weighted by Gasteiger charge is 2.40. The Morgan fingerprint density at radius 2 is 2.00 bits per heavy atom. The van der Waals surface area contributed by atoms with E-state index < -0.39 is 17.3 Å². The lowest BCUT2D eigenvalue weighted by molar-refractivity contribution is -0.137. The van der Waals surface area contributed by atoms with Gasteiger partial charge in [0.05, 0.1) is 21.9 Å². The van der Waals surface area contributed by atoms with E-state index in [1.807, 2.05) is 40.3 Å². The summed E-state index contributed by atoms with van der Waals surface area (Å²) in [6, 6.07) is 5.74. The largest absolute Gasteiger partial charge is 0.416 e. The summed E-state index contributed by atoms with van der Waals surface area (Å²) in [5, 5.41) is 9.50. The minimum Gasteiger partial charge on any atom is -0.349 e. The van der Waals surface area contributed by atoms with E-state index >= 15 is 0 Å². The fourth-order valence-corrected chi connectivity index (χ4v) is 4.59. The molecule has 6 nitrogen and oxygen atoms in total. The number of guanidine groups is 1. The standard InChI is InChI=1S/C25H29F3N6S/c1-15-20(10-16(13-29-15)6-5-9-34(3)4)32-23-30-14-18-12-22(35)31-21-11-17(25(26,27)28)7-8-19(21)24(18,2)33-23/h7-8,10-11,13-14H,5-6,9,12H2,1-4H3,(H,31,35)(H2,30,32,33). The smallest absolute Gasteiger partial charge is 0.349 e. The van der Waals surface area contributed by atoms with Gasteiger partial charge in [-0.1, -0.05) is 18.3 Å². The van der Waals surface area contributed by atoms with Crippen molar-refractivity contribution in [1.82, 2.24) is 15.2 Å². The zero-order valence-corrected chi connectivity index (χ0v) is 21.0. The van der Waals surface area contributed by atoms with Crippen LogP contribution in [0.15, 0.2) is 47.2 Å². The number of benzene rings is 1. The highest BCUT2D eigenvalue weighted by molar-refractivity contribution is 7.80. The van der Waals surface area contributed by atoms with Gasteiger partial charge in [-0.25, -0.2) is 4.99 Å². The van der Waals surface area contributed by atoms with Gasteiger partial charge >= 0.3 is 6.18 Å². The number of aromatic nitrogens is 1. The Labute approximate surface area is 208 Å². The number of alkyl halides is 3. The van der Waals surface area contributed by atoms with E-state index in [9.17, 15) is 13.2 Å². The number of hydrogen-bond donors (Lipinski definition) is 3. The second-order valence-electron chi connectivity index (χ2n) is 9.34. The molecule has 0 amide bonds. The number of aliphatic imine (C=N–C) groups is 1. The molecule has 2 aromatic rings. The molecule has 0 aliphatic carbocycles. The van der Waals surface area contributed by atoms with Gasteiger partial charge in [0.25, 0.3) is 0 Å². The first kappa shape index (κ1) is 25.1. The molecule has 10 heteroatoms. The van der Waals surface area contributed by atoms with Crippen LogP contribution >= 0.6 is 12.2 Å². The van der Waals surface area contributed by atoms with E-state index in [-0.39, 0.29) is 0 Å². The van der Waals surface area contributed by atoms with Gasteiger partial charge in [-0.05, 0) is 76.7 Å². The molecule has 1 aromatic heterocycles. The molecule has 0 bridgehead atoms. The zero-order chi connectivity index (χ0) is 25.4. The highest BCUT2D eigenvalue weighted by atomic mass is 32.1. The third kappa shape index (κ3) is 5.48. The number of pyridine rings is 1. The van der Waals surface area contributed by atoms with Gasteiger partial charge in [0.15, 0.2) is 0 Å². The molecule has 186 valence electrons. The first-order chi connectivity index (χ1) is 16.5. The average molecular weight is 503 g/mol. The lowest BCUT2D eigenvalue weighted by Gasteiger charge is -2.33. The quantitative estimate of drug-likeness (QED) is 0.488. The molecule has 2 aliphatic heterocycles. The van der Waals surface area contributed by atoms with E-state index in [0.717, 1.165) is 54.0 Å². The fraction of sp³-hybridized carbons (Fsp3) is 0.400. The Morgan fingerprint density at radius 1 is 1.23 bits per heavy atom. The normalized spacial score (nSPS) is 19.6. The predicted octanol–water partition coefficient (Wildman–Crippen LogP) is 5.22. The van der Waals surface area contributed by atoms with Crippen LogP contribution < -0.4 is 16.0 Å². The molecule has 3 N–H and O–H groups in total. The summed E-state index contributed by atoms with van der Waals surface area (Å²) in [6.45, 7) is 4.80. The van der Waals surface area contributed by atoms with Crippen molar-refractivity contribution in [2.45, 2.75) is 44.8 Å². The number of hydrogen-bond acceptors (Lipinski definition) is 6. The van der Waals surface area contributed by atoms with Crippen LogP contribution in [0.1, 0.15) is 42.1 Å². The van der Waals surface area contributed by atoms with Crippen molar-refractivity contribution in [1.29, 1.82) is 0 Å². The van der Waals surface area contributed by atoms with Crippen molar-refractivity contribution in [3.63, 3.8) is 0 Å². The maximum absolute atomic E-state index is 13.3. The number of rotatable bonds is 5. The molecule has 2 aliphatic rings. The van der Waals surface area contributed by atoms with Crippen LogP contribution in [-0.2, 0) is 18.1 Å². The Hall–Kier alpha value is -2.98. The number of anilines is 2. The third-order valence-corrected chi connectivity index (χ3v) is 6.55. The molecule has 1 aromatic carbocycles. The van der Waals surface area contributed by atoms with Crippen LogP contribution in [0.3, 0.4) is 0 Å². The summed E-state index contributed by atoms with van der Waals surface area (Å²) in [5.74, 6) is 0.491. The summed E-state index contributed by atoms with van der Waals surface area (Å²) in [6.07, 6.45) is 1.58. The fourth-order valence-electron chi connectivity index (χ4n) is 4.33. The number of aryl methyl sites for hydroxylation is 2. The van der Waals surface area contributed by atoms with Crippen molar-refractivity contribution < 1.29 is 13.2 Å². The summed E-state index contributed by atoms with van der Waals surface area (Å²) in [4.78, 5) is 12.0. The van der Waals surface area contributed by atoms with Crippen molar-refractivity contribution in [2.24, 2.45) is 4.99 Å². The van der Waals surface area contributed by atoms with Crippen molar-refractivity contribution in [2.75, 3.05) is 31.3 Å². The molecule has 3 heterocycles. The summed E-state index contributed by atoms with van der Waals surface area (Å²) < 4.78 is 40.0. The van der Waals surface area contributed by atoms with Gasteiger partial charge in [0, 0.05) is 30.1 Å². The van der Waals surface area contributed by atoms with Crippen LogP contribution in [0.4, 0.5) is 24.5 Å². The van der Waals surface area contributed by atoms with E-state index in [2.05, 4.69) is 31.9 Å². The molecular formula is C25H29F3N6S. The summed E-state index contributed by atoms with van der Waals surface area (Å²) in [7, 11) is 4.10. The van der Waals surface area contributed by atoms with E-state index in [1.165, 1.54) is 6.07 Å². The topological polar surface area (TPSA) is 64.6 Å².